The third-order valence-corrected chi connectivity index (χ3v) is 3.01. The van der Waals surface area contributed by atoms with Crippen molar-refractivity contribution in [3.05, 3.63) is 22.8 Å². The van der Waals surface area contributed by atoms with E-state index in [1.165, 1.54) is 0 Å². The number of carbonyl (C=O) groups is 1. The first-order valence-corrected chi connectivity index (χ1v) is 5.59. The van der Waals surface area contributed by atoms with E-state index in [9.17, 15) is 4.79 Å². The fraction of sp³-hybridized carbons (Fsp3) is 0.400. The smallest absolute Gasteiger partial charge is 0.326 e. The highest BCUT2D eigenvalue weighted by Crippen LogP contribution is 2.24. The Labute approximate surface area is 96.1 Å². The van der Waals surface area contributed by atoms with Gasteiger partial charge in [0.1, 0.15) is 11.9 Å². The van der Waals surface area contributed by atoms with E-state index >= 15 is 0 Å². The van der Waals surface area contributed by atoms with Crippen molar-refractivity contribution in [2.75, 3.05) is 11.4 Å². The van der Waals surface area contributed by atoms with Gasteiger partial charge in [0.15, 0.2) is 0 Å². The van der Waals surface area contributed by atoms with E-state index in [1.54, 1.807) is 6.20 Å². The molecule has 1 aliphatic heterocycles. The normalized spacial score (nSPS) is 20.6. The van der Waals surface area contributed by atoms with Crippen LogP contribution in [-0.2, 0) is 4.79 Å². The zero-order valence-electron chi connectivity index (χ0n) is 8.06. The number of hydrogen-bond acceptors (Lipinski definition) is 3. The average molecular weight is 271 g/mol. The summed E-state index contributed by atoms with van der Waals surface area (Å²) < 4.78 is 0.900. The molecule has 15 heavy (non-hydrogen) atoms. The molecule has 0 saturated carbocycles. The topological polar surface area (TPSA) is 53.4 Å². The molecule has 1 unspecified atom stereocenters. The van der Waals surface area contributed by atoms with Gasteiger partial charge < -0.3 is 10.0 Å². The lowest BCUT2D eigenvalue weighted by molar-refractivity contribution is -0.138. The van der Waals surface area contributed by atoms with Crippen molar-refractivity contribution in [3.63, 3.8) is 0 Å². The zero-order chi connectivity index (χ0) is 10.8. The molecule has 0 amide bonds. The van der Waals surface area contributed by atoms with Crippen molar-refractivity contribution in [2.24, 2.45) is 0 Å². The van der Waals surface area contributed by atoms with Crippen LogP contribution in [0.4, 0.5) is 5.82 Å². The fourth-order valence-electron chi connectivity index (χ4n) is 1.84. The van der Waals surface area contributed by atoms with E-state index in [-0.39, 0.29) is 0 Å². The minimum absolute atomic E-state index is 0.418. The van der Waals surface area contributed by atoms with Crippen molar-refractivity contribution in [2.45, 2.75) is 18.9 Å². The van der Waals surface area contributed by atoms with Gasteiger partial charge >= 0.3 is 5.97 Å². The van der Waals surface area contributed by atoms with Gasteiger partial charge in [-0.2, -0.15) is 0 Å². The van der Waals surface area contributed by atoms with Crippen LogP contribution in [0.3, 0.4) is 0 Å². The average Bonchev–Trinajstić information content (AvgIpc) is 2.67. The third-order valence-electron chi connectivity index (χ3n) is 2.54. The predicted octanol–water partition coefficient (Wildman–Crippen LogP) is 1.90. The predicted molar refractivity (Wildman–Crippen MR) is 59.9 cm³/mol. The summed E-state index contributed by atoms with van der Waals surface area (Å²) in [4.78, 5) is 17.0. The fourth-order valence-corrected chi connectivity index (χ4v) is 2.07. The molecule has 0 radical (unpaired) electrons. The Bertz CT molecular complexity index is 366. The summed E-state index contributed by atoms with van der Waals surface area (Å²) >= 11 is 3.30. The Morgan fingerprint density at radius 2 is 2.40 bits per heavy atom. The van der Waals surface area contributed by atoms with Gasteiger partial charge in [-0.15, -0.1) is 0 Å². The van der Waals surface area contributed by atoms with Gasteiger partial charge in [-0.3, -0.25) is 0 Å². The first-order chi connectivity index (χ1) is 7.18. The second kappa shape index (κ2) is 4.18. The second-order valence-corrected chi connectivity index (χ2v) is 4.44. The molecule has 1 aliphatic rings. The molecule has 1 fully saturated rings. The number of rotatable bonds is 2. The van der Waals surface area contributed by atoms with E-state index in [1.807, 2.05) is 17.0 Å². The molecule has 2 rings (SSSR count). The maximum absolute atomic E-state index is 11.0. The quantitative estimate of drug-likeness (QED) is 0.892. The van der Waals surface area contributed by atoms with E-state index in [4.69, 9.17) is 5.11 Å². The molecule has 2 heterocycles. The Balaban J connectivity index is 2.22. The largest absolute Gasteiger partial charge is 0.480 e. The van der Waals surface area contributed by atoms with Crippen molar-refractivity contribution >= 4 is 27.7 Å². The van der Waals surface area contributed by atoms with Crippen LogP contribution < -0.4 is 4.90 Å². The molecule has 0 aliphatic carbocycles. The summed E-state index contributed by atoms with van der Waals surface area (Å²) in [6, 6.07) is 3.30. The van der Waals surface area contributed by atoms with Crippen LogP contribution in [0, 0.1) is 0 Å². The lowest BCUT2D eigenvalue weighted by Gasteiger charge is -2.22. The van der Waals surface area contributed by atoms with Crippen LogP contribution in [0.5, 0.6) is 0 Å². The summed E-state index contributed by atoms with van der Waals surface area (Å²) in [5, 5.41) is 9.02. The molecule has 80 valence electrons. The van der Waals surface area contributed by atoms with Crippen LogP contribution >= 0.6 is 15.9 Å². The Kier molecular flexibility index (Phi) is 2.90. The number of pyridine rings is 1. The number of aliphatic carboxylic acids is 1. The van der Waals surface area contributed by atoms with E-state index in [0.29, 0.717) is 6.42 Å². The summed E-state index contributed by atoms with van der Waals surface area (Å²) in [6.45, 7) is 0.769. The standard InChI is InChI=1S/C10H11BrN2O2/c11-7-3-4-9(12-6-7)13-5-1-2-8(13)10(14)15/h3-4,6,8H,1-2,5H2,(H,14,15). The van der Waals surface area contributed by atoms with Gasteiger partial charge in [0.05, 0.1) is 0 Å². The molecule has 1 aromatic heterocycles. The molecule has 0 spiro atoms. The Morgan fingerprint density at radius 1 is 1.60 bits per heavy atom. The highest BCUT2D eigenvalue weighted by molar-refractivity contribution is 9.10. The molecule has 0 bridgehead atoms. The monoisotopic (exact) mass is 270 g/mol. The first-order valence-electron chi connectivity index (χ1n) is 4.79. The Hall–Kier alpha value is -1.10. The van der Waals surface area contributed by atoms with E-state index < -0.39 is 12.0 Å². The lowest BCUT2D eigenvalue weighted by atomic mass is 10.2. The summed E-state index contributed by atoms with van der Waals surface area (Å²) in [6.07, 6.45) is 3.30. The summed E-state index contributed by atoms with van der Waals surface area (Å²) in [7, 11) is 0. The van der Waals surface area contributed by atoms with E-state index in [2.05, 4.69) is 20.9 Å². The first kappa shape index (κ1) is 10.4. The van der Waals surface area contributed by atoms with Crippen LogP contribution in [0.15, 0.2) is 22.8 Å². The van der Waals surface area contributed by atoms with Crippen LogP contribution in [-0.4, -0.2) is 28.6 Å². The van der Waals surface area contributed by atoms with Crippen LogP contribution in [0.1, 0.15) is 12.8 Å². The molecular weight excluding hydrogens is 260 g/mol. The van der Waals surface area contributed by atoms with E-state index in [0.717, 1.165) is 23.3 Å². The van der Waals surface area contributed by atoms with Gasteiger partial charge in [-0.25, -0.2) is 9.78 Å². The van der Waals surface area contributed by atoms with Gasteiger partial charge in [-0.1, -0.05) is 0 Å². The molecule has 1 saturated heterocycles. The van der Waals surface area contributed by atoms with Crippen molar-refractivity contribution in [1.82, 2.24) is 4.98 Å². The zero-order valence-corrected chi connectivity index (χ0v) is 9.64. The van der Waals surface area contributed by atoms with Gasteiger partial charge in [0.2, 0.25) is 0 Å². The molecule has 5 heteroatoms. The van der Waals surface area contributed by atoms with Crippen molar-refractivity contribution in [3.8, 4) is 0 Å². The summed E-state index contributed by atoms with van der Waals surface area (Å²) in [5.74, 6) is -0.0275. The number of carboxylic acid groups (broad SMARTS) is 1. The number of halogens is 1. The highest BCUT2D eigenvalue weighted by Gasteiger charge is 2.31. The molecule has 4 nitrogen and oxygen atoms in total. The number of aromatic nitrogens is 1. The Morgan fingerprint density at radius 3 is 3.00 bits per heavy atom. The number of nitrogens with zero attached hydrogens (tertiary/aromatic N) is 2. The molecule has 0 aromatic carbocycles. The maximum Gasteiger partial charge on any atom is 0.326 e. The molecular formula is C10H11BrN2O2. The number of carboxylic acids is 1. The minimum atomic E-state index is -0.766. The maximum atomic E-state index is 11.0. The van der Waals surface area contributed by atoms with Gasteiger partial charge in [0.25, 0.3) is 0 Å². The molecule has 1 N–H and O–H groups in total. The number of hydrogen-bond donors (Lipinski definition) is 1. The second-order valence-electron chi connectivity index (χ2n) is 3.52. The molecule has 1 atom stereocenters. The highest BCUT2D eigenvalue weighted by atomic mass is 79.9. The van der Waals surface area contributed by atoms with Gasteiger partial charge in [0, 0.05) is 17.2 Å². The van der Waals surface area contributed by atoms with Crippen molar-refractivity contribution in [1.29, 1.82) is 0 Å². The SMILES string of the molecule is O=C(O)C1CCCN1c1ccc(Br)cn1. The van der Waals surface area contributed by atoms with Crippen molar-refractivity contribution < 1.29 is 9.90 Å². The van der Waals surface area contributed by atoms with Crippen LogP contribution in [0.2, 0.25) is 0 Å². The van der Waals surface area contributed by atoms with Crippen LogP contribution in [0.25, 0.3) is 0 Å². The molecule has 1 aromatic rings. The minimum Gasteiger partial charge on any atom is -0.480 e. The van der Waals surface area contributed by atoms with Gasteiger partial charge in [-0.05, 0) is 40.9 Å². The lowest BCUT2D eigenvalue weighted by Crippen LogP contribution is -2.36. The summed E-state index contributed by atoms with van der Waals surface area (Å²) in [5.41, 5.74) is 0. The number of anilines is 1. The third kappa shape index (κ3) is 2.12.